The Morgan fingerprint density at radius 2 is 1.82 bits per heavy atom. The Bertz CT molecular complexity index is 753. The number of aliphatic carboxylic acids is 1. The normalized spacial score (nSPS) is 23.9. The molecule has 2 fully saturated rings. The van der Waals surface area contributed by atoms with Crippen LogP contribution in [0.25, 0.3) is 0 Å². The summed E-state index contributed by atoms with van der Waals surface area (Å²) in [6.45, 7) is 0.331. The Hall–Kier alpha value is -1.99. The van der Waals surface area contributed by atoms with E-state index in [4.69, 9.17) is 23.2 Å². The summed E-state index contributed by atoms with van der Waals surface area (Å²) in [5, 5.41) is 17.2. The number of carboxylic acids is 1. The van der Waals surface area contributed by atoms with E-state index in [1.54, 1.807) is 6.07 Å². The maximum atomic E-state index is 12.3. The Morgan fingerprint density at radius 3 is 2.39 bits per heavy atom. The van der Waals surface area contributed by atoms with Crippen LogP contribution in [-0.2, 0) is 4.79 Å². The summed E-state index contributed by atoms with van der Waals surface area (Å²) < 4.78 is 0. The number of urea groups is 1. The van der Waals surface area contributed by atoms with E-state index in [2.05, 4.69) is 16.0 Å². The summed E-state index contributed by atoms with van der Waals surface area (Å²) >= 11 is 11.9. The molecular weight excluding hydrogens is 405 g/mol. The lowest BCUT2D eigenvalue weighted by molar-refractivity contribution is -0.139. The van der Waals surface area contributed by atoms with E-state index in [1.807, 2.05) is 0 Å². The lowest BCUT2D eigenvalue weighted by atomic mass is 9.89. The molecule has 1 aromatic rings. The topological polar surface area (TPSA) is 108 Å². The smallest absolute Gasteiger partial charge is 0.328 e. The zero-order valence-electron chi connectivity index (χ0n) is 15.2. The highest BCUT2D eigenvalue weighted by atomic mass is 35.5. The second-order valence-electron chi connectivity index (χ2n) is 7.49. The van der Waals surface area contributed by atoms with Crippen LogP contribution in [-0.4, -0.2) is 42.1 Å². The number of carbonyl (C=O) groups is 3. The van der Waals surface area contributed by atoms with E-state index >= 15 is 0 Å². The van der Waals surface area contributed by atoms with Crippen molar-refractivity contribution in [3.8, 4) is 0 Å². The Balaban J connectivity index is 1.48. The van der Waals surface area contributed by atoms with Crippen molar-refractivity contribution in [3.05, 3.63) is 33.8 Å². The summed E-state index contributed by atoms with van der Waals surface area (Å²) in [4.78, 5) is 35.8. The van der Waals surface area contributed by atoms with Crippen LogP contribution in [0.5, 0.6) is 0 Å². The van der Waals surface area contributed by atoms with Gasteiger partial charge < -0.3 is 21.1 Å². The van der Waals surface area contributed by atoms with Gasteiger partial charge in [0.2, 0.25) is 0 Å². The van der Waals surface area contributed by atoms with E-state index < -0.39 is 23.9 Å². The summed E-state index contributed by atoms with van der Waals surface area (Å²) in [6.07, 6.45) is 4.93. The molecule has 9 heteroatoms. The summed E-state index contributed by atoms with van der Waals surface area (Å²) in [5.74, 6) is -0.00113. The quantitative estimate of drug-likeness (QED) is 0.536. The van der Waals surface area contributed by atoms with Gasteiger partial charge in [0.15, 0.2) is 0 Å². The molecule has 0 radical (unpaired) electrons. The van der Waals surface area contributed by atoms with Crippen LogP contribution in [0.3, 0.4) is 0 Å². The second-order valence-corrected chi connectivity index (χ2v) is 8.30. The number of rotatable bonds is 7. The van der Waals surface area contributed by atoms with Gasteiger partial charge in [-0.3, -0.25) is 4.79 Å². The van der Waals surface area contributed by atoms with Gasteiger partial charge in [0, 0.05) is 6.54 Å². The molecule has 4 N–H and O–H groups in total. The van der Waals surface area contributed by atoms with Crippen molar-refractivity contribution >= 4 is 41.1 Å². The van der Waals surface area contributed by atoms with Crippen LogP contribution in [0.15, 0.2) is 18.2 Å². The Kier molecular flexibility index (Phi) is 6.67. The number of hydrogen-bond acceptors (Lipinski definition) is 3. The van der Waals surface area contributed by atoms with Gasteiger partial charge in [0.25, 0.3) is 5.91 Å². The molecule has 3 amide bonds. The SMILES string of the molecule is O=C(NCC(NC(=O)c1c(Cl)cccc1Cl)C(=O)O)NCC1CC2CCC1C2. The van der Waals surface area contributed by atoms with Crippen LogP contribution in [0.1, 0.15) is 36.0 Å². The average Bonchev–Trinajstić information content (AvgIpc) is 3.26. The minimum atomic E-state index is -1.31. The minimum Gasteiger partial charge on any atom is -0.480 e. The number of hydrogen-bond donors (Lipinski definition) is 4. The van der Waals surface area contributed by atoms with Gasteiger partial charge in [0.05, 0.1) is 22.2 Å². The fourth-order valence-electron chi connectivity index (χ4n) is 4.25. The predicted molar refractivity (Wildman–Crippen MR) is 106 cm³/mol. The van der Waals surface area contributed by atoms with Gasteiger partial charge in [-0.15, -0.1) is 0 Å². The van der Waals surface area contributed by atoms with Gasteiger partial charge in [-0.25, -0.2) is 9.59 Å². The molecule has 4 atom stereocenters. The summed E-state index contributed by atoms with van der Waals surface area (Å²) in [5.41, 5.74) is -0.00202. The van der Waals surface area contributed by atoms with Gasteiger partial charge >= 0.3 is 12.0 Å². The van der Waals surface area contributed by atoms with Gasteiger partial charge in [0.1, 0.15) is 6.04 Å². The maximum absolute atomic E-state index is 12.3. The monoisotopic (exact) mass is 427 g/mol. The van der Waals surface area contributed by atoms with Gasteiger partial charge in [-0.1, -0.05) is 35.7 Å². The molecular formula is C19H23Cl2N3O4. The van der Waals surface area contributed by atoms with Crippen molar-refractivity contribution in [1.82, 2.24) is 16.0 Å². The third kappa shape index (κ3) is 4.89. The van der Waals surface area contributed by atoms with E-state index in [0.29, 0.717) is 18.4 Å². The van der Waals surface area contributed by atoms with Crippen molar-refractivity contribution in [2.24, 2.45) is 17.8 Å². The van der Waals surface area contributed by atoms with E-state index in [1.165, 1.54) is 31.4 Å². The number of benzene rings is 1. The molecule has 2 aliphatic carbocycles. The van der Waals surface area contributed by atoms with Gasteiger partial charge in [-0.05, 0) is 49.1 Å². The molecule has 0 saturated heterocycles. The van der Waals surface area contributed by atoms with Crippen molar-refractivity contribution in [3.63, 3.8) is 0 Å². The van der Waals surface area contributed by atoms with Crippen LogP contribution in [0.4, 0.5) is 4.79 Å². The van der Waals surface area contributed by atoms with Crippen molar-refractivity contribution in [2.45, 2.75) is 31.7 Å². The molecule has 152 valence electrons. The highest BCUT2D eigenvalue weighted by Crippen LogP contribution is 2.47. The first-order chi connectivity index (χ1) is 13.3. The summed E-state index contributed by atoms with van der Waals surface area (Å²) in [6, 6.07) is 2.80. The Morgan fingerprint density at radius 1 is 1.11 bits per heavy atom. The standard InChI is InChI=1S/C19H23Cl2N3O4/c20-13-2-1-3-14(21)16(13)17(25)24-15(18(26)27)9-23-19(28)22-8-12-7-10-4-5-11(12)6-10/h1-3,10-12,15H,4-9H2,(H,24,25)(H,26,27)(H2,22,23,28). The highest BCUT2D eigenvalue weighted by Gasteiger charge is 2.39. The lowest BCUT2D eigenvalue weighted by Gasteiger charge is -2.22. The molecule has 0 heterocycles. The average molecular weight is 428 g/mol. The maximum Gasteiger partial charge on any atom is 0.328 e. The van der Waals surface area contributed by atoms with Crippen LogP contribution >= 0.6 is 23.2 Å². The van der Waals surface area contributed by atoms with Crippen LogP contribution in [0.2, 0.25) is 10.0 Å². The second kappa shape index (κ2) is 9.01. The lowest BCUT2D eigenvalue weighted by Crippen LogP contribution is -2.50. The van der Waals surface area contributed by atoms with Crippen LogP contribution < -0.4 is 16.0 Å². The first-order valence-corrected chi connectivity index (χ1v) is 10.1. The molecule has 2 aliphatic rings. The molecule has 0 aromatic heterocycles. The molecule has 0 spiro atoms. The first kappa shape index (κ1) is 20.7. The number of amides is 3. The number of fused-ring (bicyclic) bond motifs is 2. The molecule has 3 rings (SSSR count). The zero-order chi connectivity index (χ0) is 20.3. The predicted octanol–water partition coefficient (Wildman–Crippen LogP) is 2.91. The van der Waals surface area contributed by atoms with Crippen molar-refractivity contribution < 1.29 is 19.5 Å². The van der Waals surface area contributed by atoms with Crippen molar-refractivity contribution in [1.29, 1.82) is 0 Å². The minimum absolute atomic E-state index is 0.00202. The molecule has 2 bridgehead atoms. The number of halogens is 2. The van der Waals surface area contributed by atoms with Crippen molar-refractivity contribution in [2.75, 3.05) is 13.1 Å². The number of carbonyl (C=O) groups excluding carboxylic acids is 2. The largest absolute Gasteiger partial charge is 0.480 e. The fraction of sp³-hybridized carbons (Fsp3) is 0.526. The molecule has 0 aliphatic heterocycles. The zero-order valence-corrected chi connectivity index (χ0v) is 16.7. The van der Waals surface area contributed by atoms with Crippen LogP contribution in [0, 0.1) is 17.8 Å². The fourth-order valence-corrected chi connectivity index (χ4v) is 4.82. The summed E-state index contributed by atoms with van der Waals surface area (Å²) in [7, 11) is 0. The number of nitrogens with one attached hydrogen (secondary N) is 3. The molecule has 4 unspecified atom stereocenters. The molecule has 28 heavy (non-hydrogen) atoms. The van der Waals surface area contributed by atoms with E-state index in [0.717, 1.165) is 12.3 Å². The number of carboxylic acid groups (broad SMARTS) is 1. The third-order valence-corrected chi connectivity index (χ3v) is 6.30. The van der Waals surface area contributed by atoms with E-state index in [-0.39, 0.29) is 22.2 Å². The molecule has 1 aromatic carbocycles. The highest BCUT2D eigenvalue weighted by molar-refractivity contribution is 6.39. The Labute approximate surface area is 173 Å². The molecule has 2 saturated carbocycles. The van der Waals surface area contributed by atoms with E-state index in [9.17, 15) is 19.5 Å². The molecule has 7 nitrogen and oxygen atoms in total. The first-order valence-electron chi connectivity index (χ1n) is 9.34. The third-order valence-electron chi connectivity index (χ3n) is 5.67. The van der Waals surface area contributed by atoms with Gasteiger partial charge in [-0.2, -0.15) is 0 Å².